The van der Waals surface area contributed by atoms with Crippen LogP contribution in [-0.2, 0) is 4.74 Å². The maximum atomic E-state index is 5.44. The van der Waals surface area contributed by atoms with E-state index in [0.29, 0.717) is 10.9 Å². The Balaban J connectivity index is 3.00. The van der Waals surface area contributed by atoms with Gasteiger partial charge in [-0.25, -0.2) is 0 Å². The van der Waals surface area contributed by atoms with Gasteiger partial charge in [-0.1, -0.05) is 29.3 Å². The van der Waals surface area contributed by atoms with E-state index in [1.807, 2.05) is 0 Å². The van der Waals surface area contributed by atoms with Crippen LogP contribution >= 0.6 is 15.9 Å². The highest BCUT2D eigenvalue weighted by Gasteiger charge is 2.00. The molecule has 1 unspecified atom stereocenters. The Kier molecular flexibility index (Phi) is 8.35. The first-order chi connectivity index (χ1) is 5.66. The maximum Gasteiger partial charge on any atom is 0.0518 e. The van der Waals surface area contributed by atoms with Crippen molar-refractivity contribution < 1.29 is 4.74 Å². The summed E-state index contributed by atoms with van der Waals surface area (Å²) in [4.78, 5) is 0.705. The largest absolute Gasteiger partial charge is 0.379 e. The molecule has 0 aromatic rings. The third-order valence-corrected chi connectivity index (χ3v) is 2.91. The lowest BCUT2D eigenvalue weighted by Crippen LogP contribution is -2.04. The van der Waals surface area contributed by atoms with Crippen LogP contribution in [0.4, 0.5) is 0 Å². The molecule has 0 saturated heterocycles. The molecule has 12 heavy (non-hydrogen) atoms. The van der Waals surface area contributed by atoms with E-state index < -0.39 is 0 Å². The van der Waals surface area contributed by atoms with Crippen molar-refractivity contribution in [1.29, 1.82) is 0 Å². The van der Waals surface area contributed by atoms with Crippen molar-refractivity contribution in [3.05, 3.63) is 0 Å². The summed E-state index contributed by atoms with van der Waals surface area (Å²) in [6.45, 7) is 7.30. The predicted octanol–water partition coefficient (Wildman–Crippen LogP) is 3.76. The average Bonchev–Trinajstić information content (AvgIpc) is 2.03. The Hall–Kier alpha value is 0.440. The Morgan fingerprint density at radius 1 is 1.25 bits per heavy atom. The minimum absolute atomic E-state index is 0.385. The Morgan fingerprint density at radius 3 is 2.42 bits per heavy atom. The van der Waals surface area contributed by atoms with Crippen molar-refractivity contribution in [1.82, 2.24) is 0 Å². The zero-order valence-corrected chi connectivity index (χ0v) is 10.1. The molecule has 74 valence electrons. The fourth-order valence-electron chi connectivity index (χ4n) is 0.991. The first-order valence-electron chi connectivity index (χ1n) is 4.92. The highest BCUT2D eigenvalue weighted by molar-refractivity contribution is 9.09. The van der Waals surface area contributed by atoms with Crippen LogP contribution < -0.4 is 0 Å². The molecule has 0 amide bonds. The van der Waals surface area contributed by atoms with Gasteiger partial charge in [-0.05, 0) is 33.1 Å². The molecule has 0 aliphatic rings. The molecule has 0 bridgehead atoms. The molecule has 0 aliphatic carbocycles. The van der Waals surface area contributed by atoms with Gasteiger partial charge in [-0.3, -0.25) is 0 Å². The van der Waals surface area contributed by atoms with E-state index in [9.17, 15) is 0 Å². The molecule has 0 aliphatic heterocycles. The molecular weight excluding hydrogens is 216 g/mol. The summed E-state index contributed by atoms with van der Waals surface area (Å²) in [7, 11) is 0. The predicted molar refractivity (Wildman–Crippen MR) is 57.9 cm³/mol. The van der Waals surface area contributed by atoms with Gasteiger partial charge in [0.25, 0.3) is 0 Å². The Bertz CT molecular complexity index is 93.8. The number of halogens is 1. The molecule has 0 rings (SSSR count). The van der Waals surface area contributed by atoms with Gasteiger partial charge in [-0.15, -0.1) is 0 Å². The van der Waals surface area contributed by atoms with Crippen LogP contribution in [0.1, 0.15) is 46.5 Å². The number of rotatable bonds is 7. The topological polar surface area (TPSA) is 9.23 Å². The van der Waals surface area contributed by atoms with Gasteiger partial charge >= 0.3 is 0 Å². The lowest BCUT2D eigenvalue weighted by atomic mass is 10.2. The van der Waals surface area contributed by atoms with E-state index in [0.717, 1.165) is 6.61 Å². The second-order valence-corrected chi connectivity index (χ2v) is 4.72. The zero-order chi connectivity index (χ0) is 9.40. The monoisotopic (exact) mass is 236 g/mol. The second kappa shape index (κ2) is 8.06. The van der Waals surface area contributed by atoms with Gasteiger partial charge in [0.05, 0.1) is 6.10 Å². The quantitative estimate of drug-likeness (QED) is 0.484. The molecule has 0 spiro atoms. The van der Waals surface area contributed by atoms with Gasteiger partial charge in [-0.2, -0.15) is 0 Å². The SMILES string of the molecule is CCC(Br)CCCCOC(C)C. The summed E-state index contributed by atoms with van der Waals surface area (Å²) in [5.74, 6) is 0. The van der Waals surface area contributed by atoms with E-state index >= 15 is 0 Å². The first kappa shape index (κ1) is 12.4. The minimum atomic E-state index is 0.385. The Morgan fingerprint density at radius 2 is 1.92 bits per heavy atom. The Labute approximate surface area is 85.0 Å². The fraction of sp³-hybridized carbons (Fsp3) is 1.00. The number of hydrogen-bond donors (Lipinski definition) is 0. The average molecular weight is 237 g/mol. The van der Waals surface area contributed by atoms with E-state index in [1.165, 1.54) is 25.7 Å². The summed E-state index contributed by atoms with van der Waals surface area (Å²) in [5.41, 5.74) is 0. The van der Waals surface area contributed by atoms with Crippen LogP contribution in [0.3, 0.4) is 0 Å². The third-order valence-electron chi connectivity index (χ3n) is 1.81. The van der Waals surface area contributed by atoms with Crippen LogP contribution in [0.15, 0.2) is 0 Å². The highest BCUT2D eigenvalue weighted by Crippen LogP contribution is 2.12. The van der Waals surface area contributed by atoms with Crippen molar-refractivity contribution in [3.63, 3.8) is 0 Å². The van der Waals surface area contributed by atoms with E-state index in [4.69, 9.17) is 4.74 Å². The number of alkyl halides is 1. The summed E-state index contributed by atoms with van der Waals surface area (Å²) in [6, 6.07) is 0. The number of ether oxygens (including phenoxy) is 1. The van der Waals surface area contributed by atoms with Gasteiger partial charge in [0.2, 0.25) is 0 Å². The van der Waals surface area contributed by atoms with Crippen molar-refractivity contribution in [2.24, 2.45) is 0 Å². The summed E-state index contributed by atoms with van der Waals surface area (Å²) in [5, 5.41) is 0. The van der Waals surface area contributed by atoms with Crippen molar-refractivity contribution >= 4 is 15.9 Å². The van der Waals surface area contributed by atoms with Crippen LogP contribution in [0, 0.1) is 0 Å². The minimum Gasteiger partial charge on any atom is -0.379 e. The van der Waals surface area contributed by atoms with Crippen LogP contribution in [0.5, 0.6) is 0 Å². The molecule has 0 N–H and O–H groups in total. The summed E-state index contributed by atoms with van der Waals surface area (Å²) >= 11 is 3.62. The fourth-order valence-corrected chi connectivity index (χ4v) is 1.31. The van der Waals surface area contributed by atoms with Crippen LogP contribution in [0.2, 0.25) is 0 Å². The molecular formula is C10H21BrO. The van der Waals surface area contributed by atoms with Crippen molar-refractivity contribution in [2.45, 2.75) is 57.4 Å². The van der Waals surface area contributed by atoms with Gasteiger partial charge in [0, 0.05) is 11.4 Å². The highest BCUT2D eigenvalue weighted by atomic mass is 79.9. The van der Waals surface area contributed by atoms with Crippen LogP contribution in [-0.4, -0.2) is 17.5 Å². The third kappa shape index (κ3) is 8.54. The molecule has 0 heterocycles. The molecule has 2 heteroatoms. The van der Waals surface area contributed by atoms with E-state index in [1.54, 1.807) is 0 Å². The molecule has 0 saturated carbocycles. The molecule has 1 atom stereocenters. The molecule has 0 fully saturated rings. The first-order valence-corrected chi connectivity index (χ1v) is 5.84. The van der Waals surface area contributed by atoms with Gasteiger partial charge in [0.15, 0.2) is 0 Å². The number of unbranched alkanes of at least 4 members (excludes halogenated alkanes) is 1. The summed E-state index contributed by atoms with van der Waals surface area (Å²) in [6.07, 6.45) is 5.36. The smallest absolute Gasteiger partial charge is 0.0518 e. The van der Waals surface area contributed by atoms with E-state index in [2.05, 4.69) is 36.7 Å². The molecule has 0 aromatic heterocycles. The van der Waals surface area contributed by atoms with Crippen molar-refractivity contribution in [2.75, 3.05) is 6.61 Å². The molecule has 1 nitrogen and oxygen atoms in total. The van der Waals surface area contributed by atoms with Gasteiger partial charge in [0.1, 0.15) is 0 Å². The van der Waals surface area contributed by atoms with Crippen LogP contribution in [0.25, 0.3) is 0 Å². The van der Waals surface area contributed by atoms with E-state index in [-0.39, 0.29) is 0 Å². The molecule has 0 aromatic carbocycles. The summed E-state index contributed by atoms with van der Waals surface area (Å²) < 4.78 is 5.44. The maximum absolute atomic E-state index is 5.44. The zero-order valence-electron chi connectivity index (χ0n) is 8.48. The van der Waals surface area contributed by atoms with Crippen molar-refractivity contribution in [3.8, 4) is 0 Å². The normalized spacial score (nSPS) is 13.8. The lowest BCUT2D eigenvalue weighted by Gasteiger charge is -2.08. The molecule has 0 radical (unpaired) electrons. The standard InChI is InChI=1S/C10H21BrO/c1-4-10(11)7-5-6-8-12-9(2)3/h9-10H,4-8H2,1-3H3. The lowest BCUT2D eigenvalue weighted by molar-refractivity contribution is 0.0757. The second-order valence-electron chi connectivity index (χ2n) is 3.42. The van der Waals surface area contributed by atoms with Gasteiger partial charge < -0.3 is 4.74 Å². The number of hydrogen-bond acceptors (Lipinski definition) is 1.